The predicted molar refractivity (Wildman–Crippen MR) is 92.2 cm³/mol. The average Bonchev–Trinajstić information content (AvgIpc) is 2.89. The Morgan fingerprint density at radius 1 is 1.24 bits per heavy atom. The lowest BCUT2D eigenvalue weighted by atomic mass is 10.1. The van der Waals surface area contributed by atoms with Crippen molar-refractivity contribution in [2.75, 3.05) is 26.8 Å². The molecular weight excluding hydrogens is 282 g/mol. The summed E-state index contributed by atoms with van der Waals surface area (Å²) in [5, 5.41) is 14.7. The Balaban J connectivity index is 0.000000491. The highest BCUT2D eigenvalue weighted by molar-refractivity contribution is 7.17. The smallest absolute Gasteiger partial charge is 0.0506 e. The van der Waals surface area contributed by atoms with Crippen molar-refractivity contribution in [3.8, 4) is 0 Å². The summed E-state index contributed by atoms with van der Waals surface area (Å²) in [5.74, 6) is 0. The Kier molecular flexibility index (Phi) is 9.26. The first-order valence-corrected chi connectivity index (χ1v) is 8.38. The number of thiophene rings is 1. The van der Waals surface area contributed by atoms with Gasteiger partial charge in [0.1, 0.15) is 0 Å². The van der Waals surface area contributed by atoms with E-state index in [0.717, 1.165) is 32.6 Å². The third kappa shape index (κ3) is 8.17. The Labute approximate surface area is 132 Å². The number of fused-ring (bicyclic) bond motifs is 1. The molecule has 0 aliphatic carbocycles. The fourth-order valence-corrected chi connectivity index (χ4v) is 2.59. The summed E-state index contributed by atoms with van der Waals surface area (Å²) < 4.78 is 6.96. The van der Waals surface area contributed by atoms with Crippen LogP contribution in [0.25, 0.3) is 10.1 Å². The number of hydrogen-bond acceptors (Lipinski definition) is 4. The maximum Gasteiger partial charge on any atom is 0.0506 e. The minimum absolute atomic E-state index is 0.167. The van der Waals surface area contributed by atoms with Crippen LogP contribution in [0.3, 0.4) is 0 Å². The zero-order valence-corrected chi connectivity index (χ0v) is 14.1. The van der Waals surface area contributed by atoms with E-state index in [1.54, 1.807) is 25.2 Å². The number of benzene rings is 1. The van der Waals surface area contributed by atoms with E-state index in [9.17, 15) is 0 Å². The second-order valence-corrected chi connectivity index (χ2v) is 6.15. The molecule has 0 spiro atoms. The maximum absolute atomic E-state index is 8.06. The molecule has 0 saturated heterocycles. The summed E-state index contributed by atoms with van der Waals surface area (Å²) in [4.78, 5) is 0. The molecule has 0 aliphatic rings. The molecule has 1 aromatic heterocycles. The Hall–Kier alpha value is -0.940. The fraction of sp³-hybridized carbons (Fsp3) is 0.529. The van der Waals surface area contributed by atoms with Gasteiger partial charge >= 0.3 is 0 Å². The standard InChI is InChI=1S/C14H19NOS.C3H8O/c1-15-7-2-8-16-9-5-12-3-4-14-13(11-12)6-10-17-14;1-3(2)4/h3-4,6,10-11,15H,2,5,7-9H2,1H3;3-4H,1-2H3. The van der Waals surface area contributed by atoms with Crippen LogP contribution in [0.15, 0.2) is 29.6 Å². The second kappa shape index (κ2) is 10.7. The lowest BCUT2D eigenvalue weighted by molar-refractivity contribution is 0.135. The van der Waals surface area contributed by atoms with Crippen molar-refractivity contribution in [1.82, 2.24) is 5.32 Å². The van der Waals surface area contributed by atoms with Crippen molar-refractivity contribution in [2.24, 2.45) is 0 Å². The van der Waals surface area contributed by atoms with Gasteiger partial charge in [-0.05, 0) is 68.7 Å². The molecule has 1 aromatic carbocycles. The van der Waals surface area contributed by atoms with E-state index in [0.29, 0.717) is 0 Å². The predicted octanol–water partition coefficient (Wildman–Crippen LogP) is 3.46. The third-order valence-corrected chi connectivity index (χ3v) is 3.67. The van der Waals surface area contributed by atoms with Crippen molar-refractivity contribution < 1.29 is 9.84 Å². The second-order valence-electron chi connectivity index (χ2n) is 5.21. The zero-order chi connectivity index (χ0) is 15.5. The monoisotopic (exact) mass is 309 g/mol. The number of hydrogen-bond donors (Lipinski definition) is 2. The number of aliphatic hydroxyl groups excluding tert-OH is 1. The summed E-state index contributed by atoms with van der Waals surface area (Å²) in [6.07, 6.45) is 1.92. The number of nitrogens with one attached hydrogen (secondary N) is 1. The largest absolute Gasteiger partial charge is 0.394 e. The molecule has 3 nitrogen and oxygen atoms in total. The van der Waals surface area contributed by atoms with Gasteiger partial charge in [-0.1, -0.05) is 12.1 Å². The van der Waals surface area contributed by atoms with Crippen LogP contribution in [0, 0.1) is 0 Å². The lowest BCUT2D eigenvalue weighted by Crippen LogP contribution is -2.11. The van der Waals surface area contributed by atoms with Gasteiger partial charge in [0.05, 0.1) is 6.61 Å². The first-order chi connectivity index (χ1) is 10.1. The molecule has 0 bridgehead atoms. The average molecular weight is 309 g/mol. The van der Waals surface area contributed by atoms with Gasteiger partial charge in [0.2, 0.25) is 0 Å². The normalized spacial score (nSPS) is 10.7. The molecule has 21 heavy (non-hydrogen) atoms. The fourth-order valence-electron chi connectivity index (χ4n) is 1.81. The molecule has 0 fully saturated rings. The minimum atomic E-state index is -0.167. The van der Waals surface area contributed by atoms with Crippen LogP contribution in [0.4, 0.5) is 0 Å². The molecular formula is C17H27NO2S. The third-order valence-electron chi connectivity index (χ3n) is 2.77. The van der Waals surface area contributed by atoms with Crippen LogP contribution in [0.5, 0.6) is 0 Å². The van der Waals surface area contributed by atoms with Crippen molar-refractivity contribution in [2.45, 2.75) is 32.8 Å². The van der Waals surface area contributed by atoms with Crippen LogP contribution in [-0.4, -0.2) is 38.0 Å². The van der Waals surface area contributed by atoms with E-state index < -0.39 is 0 Å². The molecule has 0 radical (unpaired) electrons. The van der Waals surface area contributed by atoms with Crippen molar-refractivity contribution in [3.63, 3.8) is 0 Å². The maximum atomic E-state index is 8.06. The van der Waals surface area contributed by atoms with Gasteiger partial charge in [0.25, 0.3) is 0 Å². The van der Waals surface area contributed by atoms with Crippen LogP contribution < -0.4 is 5.32 Å². The van der Waals surface area contributed by atoms with Crippen molar-refractivity contribution >= 4 is 21.4 Å². The van der Waals surface area contributed by atoms with E-state index in [-0.39, 0.29) is 6.10 Å². The Morgan fingerprint density at radius 3 is 2.71 bits per heavy atom. The number of ether oxygens (including phenoxy) is 1. The molecule has 2 rings (SSSR count). The van der Waals surface area contributed by atoms with Gasteiger partial charge in [-0.15, -0.1) is 11.3 Å². The van der Waals surface area contributed by atoms with Crippen LogP contribution in [0.1, 0.15) is 25.8 Å². The molecule has 118 valence electrons. The van der Waals surface area contributed by atoms with Gasteiger partial charge in [0.15, 0.2) is 0 Å². The Morgan fingerprint density at radius 2 is 2.00 bits per heavy atom. The van der Waals surface area contributed by atoms with E-state index in [1.807, 2.05) is 7.05 Å². The molecule has 0 amide bonds. The van der Waals surface area contributed by atoms with Gasteiger partial charge in [-0.25, -0.2) is 0 Å². The Bertz CT molecular complexity index is 493. The first kappa shape index (κ1) is 18.1. The van der Waals surface area contributed by atoms with E-state index in [1.165, 1.54) is 15.6 Å². The molecule has 2 N–H and O–H groups in total. The molecule has 2 aromatic rings. The SMILES string of the molecule is CC(C)O.CNCCCOCCc1ccc2sccc2c1. The lowest BCUT2D eigenvalue weighted by Gasteiger charge is -2.04. The van der Waals surface area contributed by atoms with Gasteiger partial charge < -0.3 is 15.2 Å². The molecule has 0 aliphatic heterocycles. The van der Waals surface area contributed by atoms with E-state index >= 15 is 0 Å². The van der Waals surface area contributed by atoms with Gasteiger partial charge in [-0.2, -0.15) is 0 Å². The van der Waals surface area contributed by atoms with Crippen LogP contribution in [0.2, 0.25) is 0 Å². The number of aliphatic hydroxyl groups is 1. The van der Waals surface area contributed by atoms with Crippen molar-refractivity contribution in [3.05, 3.63) is 35.2 Å². The van der Waals surface area contributed by atoms with Gasteiger partial charge in [-0.3, -0.25) is 0 Å². The van der Waals surface area contributed by atoms with E-state index in [4.69, 9.17) is 9.84 Å². The highest BCUT2D eigenvalue weighted by Crippen LogP contribution is 2.21. The van der Waals surface area contributed by atoms with Crippen LogP contribution in [-0.2, 0) is 11.2 Å². The zero-order valence-electron chi connectivity index (χ0n) is 13.3. The summed E-state index contributed by atoms with van der Waals surface area (Å²) in [5.41, 5.74) is 1.37. The first-order valence-electron chi connectivity index (χ1n) is 7.50. The number of rotatable bonds is 7. The highest BCUT2D eigenvalue weighted by atomic mass is 32.1. The van der Waals surface area contributed by atoms with Gasteiger partial charge in [0, 0.05) is 17.4 Å². The summed E-state index contributed by atoms with van der Waals surface area (Å²) in [6.45, 7) is 6.14. The molecule has 4 heteroatoms. The molecule has 0 atom stereocenters. The quantitative estimate of drug-likeness (QED) is 0.770. The summed E-state index contributed by atoms with van der Waals surface area (Å²) >= 11 is 1.80. The minimum Gasteiger partial charge on any atom is -0.394 e. The summed E-state index contributed by atoms with van der Waals surface area (Å²) in [7, 11) is 1.97. The summed E-state index contributed by atoms with van der Waals surface area (Å²) in [6, 6.07) is 8.85. The molecule has 1 heterocycles. The van der Waals surface area contributed by atoms with Crippen molar-refractivity contribution in [1.29, 1.82) is 0 Å². The van der Waals surface area contributed by atoms with Crippen LogP contribution >= 0.6 is 11.3 Å². The topological polar surface area (TPSA) is 41.5 Å². The molecule has 0 unspecified atom stereocenters. The highest BCUT2D eigenvalue weighted by Gasteiger charge is 1.98. The molecule has 0 saturated carbocycles. The van der Waals surface area contributed by atoms with E-state index in [2.05, 4.69) is 35.0 Å².